The Hall–Kier alpha value is -0.510. The van der Waals surface area contributed by atoms with Crippen LogP contribution in [-0.2, 0) is 0 Å². The van der Waals surface area contributed by atoms with Crippen molar-refractivity contribution in [3.05, 3.63) is 0 Å². The quantitative estimate of drug-likeness (QED) is 0.566. The van der Waals surface area contributed by atoms with Crippen molar-refractivity contribution in [3.63, 3.8) is 0 Å². The van der Waals surface area contributed by atoms with E-state index >= 15 is 0 Å². The molecule has 0 radical (unpaired) electrons. The van der Waals surface area contributed by atoms with Gasteiger partial charge in [0, 0.05) is 6.42 Å². The summed E-state index contributed by atoms with van der Waals surface area (Å²) in [7, 11) is 0. The second-order valence-corrected chi connectivity index (χ2v) is 2.61. The molecular weight excluding hydrogens is 110 g/mol. The van der Waals surface area contributed by atoms with E-state index in [1.165, 1.54) is 19.3 Å². The van der Waals surface area contributed by atoms with Crippen LogP contribution in [0.25, 0.3) is 0 Å². The Morgan fingerprint density at radius 1 is 1.56 bits per heavy atom. The minimum Gasteiger partial charge on any atom is -0.198 e. The van der Waals surface area contributed by atoms with Crippen molar-refractivity contribution in [3.8, 4) is 6.07 Å². The molecule has 0 unspecified atom stereocenters. The Kier molecular flexibility index (Phi) is 5.30. The maximum Gasteiger partial charge on any atom is 0.0624 e. The van der Waals surface area contributed by atoms with Gasteiger partial charge in [-0.25, -0.2) is 0 Å². The third-order valence-corrected chi connectivity index (χ3v) is 1.49. The van der Waals surface area contributed by atoms with Crippen LogP contribution in [0.1, 0.15) is 39.5 Å². The summed E-state index contributed by atoms with van der Waals surface area (Å²) in [6.07, 6.45) is 4.45. The van der Waals surface area contributed by atoms with Crippen molar-refractivity contribution in [1.82, 2.24) is 0 Å². The number of hydrogen-bond donors (Lipinski definition) is 0. The highest BCUT2D eigenvalue weighted by molar-refractivity contribution is 4.72. The van der Waals surface area contributed by atoms with E-state index in [1.54, 1.807) is 0 Å². The monoisotopic (exact) mass is 125 g/mol. The summed E-state index contributed by atoms with van der Waals surface area (Å²) in [6.45, 7) is 4.32. The summed E-state index contributed by atoms with van der Waals surface area (Å²) in [5.41, 5.74) is 0. The summed E-state index contributed by atoms with van der Waals surface area (Å²) < 4.78 is 0. The van der Waals surface area contributed by atoms with Crippen molar-refractivity contribution in [2.45, 2.75) is 39.5 Å². The number of hydrogen-bond acceptors (Lipinski definition) is 1. The molecule has 1 atom stereocenters. The van der Waals surface area contributed by atoms with Crippen LogP contribution in [-0.4, -0.2) is 0 Å². The fraction of sp³-hybridized carbons (Fsp3) is 0.875. The van der Waals surface area contributed by atoms with E-state index in [9.17, 15) is 0 Å². The lowest BCUT2D eigenvalue weighted by Crippen LogP contribution is -1.91. The molecule has 0 aliphatic heterocycles. The van der Waals surface area contributed by atoms with E-state index in [2.05, 4.69) is 19.9 Å². The minimum absolute atomic E-state index is 0.606. The maximum absolute atomic E-state index is 8.29. The standard InChI is InChI=1S/C8H15N/c1-3-4-5-8(2)6-7-9/h8H,3-6H2,1-2H3/t8-/m0/s1. The molecule has 0 aromatic heterocycles. The average molecular weight is 125 g/mol. The summed E-state index contributed by atoms with van der Waals surface area (Å²) in [6, 6.07) is 2.18. The molecule has 0 saturated carbocycles. The van der Waals surface area contributed by atoms with Gasteiger partial charge in [-0.3, -0.25) is 0 Å². The normalized spacial score (nSPS) is 12.6. The highest BCUT2D eigenvalue weighted by Crippen LogP contribution is 2.09. The van der Waals surface area contributed by atoms with Gasteiger partial charge in [0.15, 0.2) is 0 Å². The first-order valence-electron chi connectivity index (χ1n) is 3.68. The molecule has 0 amide bonds. The molecule has 0 aromatic carbocycles. The van der Waals surface area contributed by atoms with Crippen LogP contribution in [0.3, 0.4) is 0 Å². The van der Waals surface area contributed by atoms with Crippen LogP contribution >= 0.6 is 0 Å². The Bertz CT molecular complexity index is 91.2. The molecule has 0 fully saturated rings. The van der Waals surface area contributed by atoms with E-state index < -0.39 is 0 Å². The van der Waals surface area contributed by atoms with E-state index in [0.717, 1.165) is 6.42 Å². The van der Waals surface area contributed by atoms with Crippen molar-refractivity contribution >= 4 is 0 Å². The van der Waals surface area contributed by atoms with Gasteiger partial charge < -0.3 is 0 Å². The van der Waals surface area contributed by atoms with Gasteiger partial charge in [0.1, 0.15) is 0 Å². The Balaban J connectivity index is 3.08. The predicted molar refractivity (Wildman–Crippen MR) is 38.9 cm³/mol. The number of rotatable bonds is 4. The topological polar surface area (TPSA) is 23.8 Å². The van der Waals surface area contributed by atoms with Gasteiger partial charge in [-0.05, 0) is 12.3 Å². The van der Waals surface area contributed by atoms with Crippen molar-refractivity contribution in [2.75, 3.05) is 0 Å². The zero-order valence-electron chi connectivity index (χ0n) is 6.35. The molecule has 0 rings (SSSR count). The van der Waals surface area contributed by atoms with Crippen LogP contribution in [0, 0.1) is 17.2 Å². The van der Waals surface area contributed by atoms with E-state index in [1.807, 2.05) is 0 Å². The third kappa shape index (κ3) is 5.36. The maximum atomic E-state index is 8.29. The highest BCUT2D eigenvalue weighted by atomic mass is 14.2. The largest absolute Gasteiger partial charge is 0.198 e. The molecule has 1 heteroatoms. The predicted octanol–water partition coefficient (Wildman–Crippen LogP) is 2.73. The fourth-order valence-electron chi connectivity index (χ4n) is 0.810. The van der Waals surface area contributed by atoms with Gasteiger partial charge in [-0.1, -0.05) is 26.7 Å². The summed E-state index contributed by atoms with van der Waals surface area (Å²) in [5, 5.41) is 8.29. The smallest absolute Gasteiger partial charge is 0.0624 e. The molecule has 0 bridgehead atoms. The SMILES string of the molecule is CCCC[C@H](C)CC#N. The minimum atomic E-state index is 0.606. The first-order chi connectivity index (χ1) is 4.31. The molecule has 9 heavy (non-hydrogen) atoms. The van der Waals surface area contributed by atoms with Gasteiger partial charge in [0.25, 0.3) is 0 Å². The average Bonchev–Trinajstić information content (AvgIpc) is 1.85. The van der Waals surface area contributed by atoms with Crippen molar-refractivity contribution in [2.24, 2.45) is 5.92 Å². The molecule has 0 aromatic rings. The second kappa shape index (κ2) is 5.62. The van der Waals surface area contributed by atoms with Gasteiger partial charge in [-0.2, -0.15) is 5.26 Å². The lowest BCUT2D eigenvalue weighted by atomic mass is 10.0. The molecule has 52 valence electrons. The Morgan fingerprint density at radius 3 is 2.67 bits per heavy atom. The molecule has 0 spiro atoms. The van der Waals surface area contributed by atoms with Gasteiger partial charge >= 0.3 is 0 Å². The zero-order valence-corrected chi connectivity index (χ0v) is 6.35. The summed E-state index contributed by atoms with van der Waals surface area (Å²) in [4.78, 5) is 0. The molecule has 0 heterocycles. The highest BCUT2D eigenvalue weighted by Gasteiger charge is 1.97. The van der Waals surface area contributed by atoms with Gasteiger partial charge in [0.05, 0.1) is 6.07 Å². The molecular formula is C8H15N. The van der Waals surface area contributed by atoms with E-state index in [4.69, 9.17) is 5.26 Å². The lowest BCUT2D eigenvalue weighted by Gasteiger charge is -2.02. The van der Waals surface area contributed by atoms with Crippen LogP contribution in [0.2, 0.25) is 0 Å². The fourth-order valence-corrected chi connectivity index (χ4v) is 0.810. The van der Waals surface area contributed by atoms with Crippen LogP contribution in [0.4, 0.5) is 0 Å². The summed E-state index contributed by atoms with van der Waals surface area (Å²) in [5.74, 6) is 0.606. The Morgan fingerprint density at radius 2 is 2.22 bits per heavy atom. The van der Waals surface area contributed by atoms with E-state index in [-0.39, 0.29) is 0 Å². The molecule has 0 aliphatic carbocycles. The summed E-state index contributed by atoms with van der Waals surface area (Å²) >= 11 is 0. The second-order valence-electron chi connectivity index (χ2n) is 2.61. The van der Waals surface area contributed by atoms with Crippen molar-refractivity contribution in [1.29, 1.82) is 5.26 Å². The number of nitrogens with zero attached hydrogens (tertiary/aromatic N) is 1. The van der Waals surface area contributed by atoms with Crippen molar-refractivity contribution < 1.29 is 0 Å². The van der Waals surface area contributed by atoms with Crippen LogP contribution in [0.5, 0.6) is 0 Å². The molecule has 1 nitrogen and oxygen atoms in total. The number of unbranched alkanes of at least 4 members (excludes halogenated alkanes) is 1. The lowest BCUT2D eigenvalue weighted by molar-refractivity contribution is 0.516. The van der Waals surface area contributed by atoms with Gasteiger partial charge in [-0.15, -0.1) is 0 Å². The van der Waals surface area contributed by atoms with E-state index in [0.29, 0.717) is 5.92 Å². The molecule has 0 saturated heterocycles. The molecule has 0 aliphatic rings. The Labute approximate surface area is 57.7 Å². The zero-order chi connectivity index (χ0) is 7.11. The third-order valence-electron chi connectivity index (χ3n) is 1.49. The van der Waals surface area contributed by atoms with Crippen LogP contribution in [0.15, 0.2) is 0 Å². The first-order valence-corrected chi connectivity index (χ1v) is 3.68. The first kappa shape index (κ1) is 8.49. The van der Waals surface area contributed by atoms with Gasteiger partial charge in [0.2, 0.25) is 0 Å². The number of nitriles is 1. The van der Waals surface area contributed by atoms with Crippen LogP contribution < -0.4 is 0 Å². The molecule has 0 N–H and O–H groups in total.